The predicted molar refractivity (Wildman–Crippen MR) is 91.2 cm³/mol. The summed E-state index contributed by atoms with van der Waals surface area (Å²) in [6.45, 7) is 6.53. The molecule has 1 atom stereocenters. The summed E-state index contributed by atoms with van der Waals surface area (Å²) in [4.78, 5) is 2.24. The minimum atomic E-state index is -0.601. The summed E-state index contributed by atoms with van der Waals surface area (Å²) in [5.74, 6) is 0. The van der Waals surface area contributed by atoms with E-state index in [0.717, 1.165) is 14.0 Å². The van der Waals surface area contributed by atoms with Gasteiger partial charge in [0.1, 0.15) is 6.10 Å². The highest BCUT2D eigenvalue weighted by molar-refractivity contribution is 14.1. The lowest BCUT2D eigenvalue weighted by atomic mass is 9.95. The van der Waals surface area contributed by atoms with Crippen molar-refractivity contribution in [2.45, 2.75) is 32.3 Å². The number of thiophene rings is 1. The minimum Gasteiger partial charge on any atom is -0.383 e. The van der Waals surface area contributed by atoms with Crippen LogP contribution >= 0.6 is 45.5 Å². The number of benzene rings is 1. The SMILES string of the molecule is CC(C)(C)c1ccc(C(O)c2ccc(I)c(Cl)c2)s1. The van der Waals surface area contributed by atoms with E-state index in [-0.39, 0.29) is 5.41 Å². The van der Waals surface area contributed by atoms with Gasteiger partial charge in [-0.25, -0.2) is 0 Å². The van der Waals surface area contributed by atoms with Crippen molar-refractivity contribution in [2.24, 2.45) is 0 Å². The molecule has 102 valence electrons. The van der Waals surface area contributed by atoms with Gasteiger partial charge in [0.2, 0.25) is 0 Å². The van der Waals surface area contributed by atoms with Gasteiger partial charge in [-0.05, 0) is 57.8 Å². The summed E-state index contributed by atoms with van der Waals surface area (Å²) >= 11 is 9.95. The van der Waals surface area contributed by atoms with Crippen LogP contribution in [0, 0.1) is 3.57 Å². The molecule has 0 fully saturated rings. The fourth-order valence-corrected chi connectivity index (χ4v) is 3.35. The lowest BCUT2D eigenvalue weighted by Crippen LogP contribution is -2.07. The number of aliphatic hydroxyl groups is 1. The van der Waals surface area contributed by atoms with E-state index in [4.69, 9.17) is 11.6 Å². The van der Waals surface area contributed by atoms with Crippen LogP contribution in [0.3, 0.4) is 0 Å². The van der Waals surface area contributed by atoms with E-state index in [1.165, 1.54) is 4.88 Å². The fourth-order valence-electron chi connectivity index (χ4n) is 1.75. The molecule has 4 heteroatoms. The minimum absolute atomic E-state index is 0.117. The summed E-state index contributed by atoms with van der Waals surface area (Å²) in [7, 11) is 0. The second-order valence-electron chi connectivity index (χ2n) is 5.53. The second kappa shape index (κ2) is 5.72. The molecule has 1 N–H and O–H groups in total. The fraction of sp³-hybridized carbons (Fsp3) is 0.333. The van der Waals surface area contributed by atoms with Gasteiger partial charge >= 0.3 is 0 Å². The molecule has 0 bridgehead atoms. The Morgan fingerprint density at radius 1 is 1.21 bits per heavy atom. The van der Waals surface area contributed by atoms with Crippen LogP contribution in [-0.2, 0) is 5.41 Å². The maximum atomic E-state index is 10.4. The third kappa shape index (κ3) is 3.51. The molecule has 0 aliphatic rings. The van der Waals surface area contributed by atoms with Crippen molar-refractivity contribution >= 4 is 45.5 Å². The van der Waals surface area contributed by atoms with Gasteiger partial charge in [0.25, 0.3) is 0 Å². The molecule has 1 unspecified atom stereocenters. The van der Waals surface area contributed by atoms with Crippen molar-refractivity contribution in [2.75, 3.05) is 0 Å². The molecule has 0 spiro atoms. The molecule has 1 aromatic carbocycles. The van der Waals surface area contributed by atoms with Crippen molar-refractivity contribution in [3.8, 4) is 0 Å². The maximum absolute atomic E-state index is 10.4. The quantitative estimate of drug-likeness (QED) is 0.663. The van der Waals surface area contributed by atoms with Crippen LogP contribution in [0.4, 0.5) is 0 Å². The standard InChI is InChI=1S/C15H16ClIOS/c1-15(2,3)13-7-6-12(19-13)14(18)9-4-5-11(17)10(16)8-9/h4-8,14,18H,1-3H3. The van der Waals surface area contributed by atoms with Crippen LogP contribution in [-0.4, -0.2) is 5.11 Å². The van der Waals surface area contributed by atoms with Gasteiger partial charge < -0.3 is 5.11 Å². The molecular weight excluding hydrogens is 391 g/mol. The lowest BCUT2D eigenvalue weighted by Gasteiger charge is -2.16. The van der Waals surface area contributed by atoms with Crippen LogP contribution in [0.1, 0.15) is 42.2 Å². The van der Waals surface area contributed by atoms with Crippen LogP contribution in [0.5, 0.6) is 0 Å². The summed E-state index contributed by atoms with van der Waals surface area (Å²) in [5, 5.41) is 11.1. The number of hydrogen-bond acceptors (Lipinski definition) is 2. The highest BCUT2D eigenvalue weighted by Gasteiger charge is 2.20. The van der Waals surface area contributed by atoms with E-state index in [1.807, 2.05) is 24.3 Å². The van der Waals surface area contributed by atoms with Gasteiger partial charge in [-0.2, -0.15) is 0 Å². The summed E-state index contributed by atoms with van der Waals surface area (Å²) in [5.41, 5.74) is 0.958. The molecular formula is C15H16ClIOS. The van der Waals surface area contributed by atoms with Crippen LogP contribution < -0.4 is 0 Å². The van der Waals surface area contributed by atoms with Gasteiger partial charge in [0.05, 0.1) is 5.02 Å². The summed E-state index contributed by atoms with van der Waals surface area (Å²) in [6, 6.07) is 9.79. The monoisotopic (exact) mass is 406 g/mol. The van der Waals surface area contributed by atoms with Crippen LogP contribution in [0.15, 0.2) is 30.3 Å². The molecule has 0 radical (unpaired) electrons. The van der Waals surface area contributed by atoms with Crippen molar-refractivity contribution < 1.29 is 5.11 Å². The van der Waals surface area contributed by atoms with Crippen LogP contribution in [0.2, 0.25) is 5.02 Å². The number of aliphatic hydroxyl groups excluding tert-OH is 1. The van der Waals surface area contributed by atoms with E-state index in [0.29, 0.717) is 5.02 Å². The first-order chi connectivity index (χ1) is 8.79. The van der Waals surface area contributed by atoms with Crippen molar-refractivity contribution in [3.63, 3.8) is 0 Å². The zero-order valence-electron chi connectivity index (χ0n) is 11.1. The zero-order valence-corrected chi connectivity index (χ0v) is 14.8. The average Bonchev–Trinajstić information content (AvgIpc) is 2.81. The largest absolute Gasteiger partial charge is 0.383 e. The van der Waals surface area contributed by atoms with E-state index in [2.05, 4.69) is 49.4 Å². The van der Waals surface area contributed by atoms with E-state index in [1.54, 1.807) is 11.3 Å². The van der Waals surface area contributed by atoms with Gasteiger partial charge in [-0.3, -0.25) is 0 Å². The first-order valence-corrected chi connectivity index (χ1v) is 8.29. The Morgan fingerprint density at radius 3 is 2.42 bits per heavy atom. The van der Waals surface area contributed by atoms with Crippen molar-refractivity contribution in [3.05, 3.63) is 54.2 Å². The smallest absolute Gasteiger partial charge is 0.113 e. The number of rotatable bonds is 2. The Hall–Kier alpha value is -0.100. The van der Waals surface area contributed by atoms with E-state index in [9.17, 15) is 5.11 Å². The third-order valence-corrected chi connectivity index (χ3v) is 6.03. The topological polar surface area (TPSA) is 20.2 Å². The molecule has 2 aromatic rings. The zero-order chi connectivity index (χ0) is 14.2. The molecule has 0 aliphatic carbocycles. The molecule has 1 heterocycles. The van der Waals surface area contributed by atoms with E-state index < -0.39 is 6.10 Å². The predicted octanol–water partition coefficient (Wildman–Crippen LogP) is 5.39. The maximum Gasteiger partial charge on any atom is 0.113 e. The van der Waals surface area contributed by atoms with Gasteiger partial charge in [0.15, 0.2) is 0 Å². The summed E-state index contributed by atoms with van der Waals surface area (Å²) in [6.07, 6.45) is -0.601. The average molecular weight is 407 g/mol. The van der Waals surface area contributed by atoms with E-state index >= 15 is 0 Å². The normalized spacial score (nSPS) is 13.6. The van der Waals surface area contributed by atoms with Crippen molar-refractivity contribution in [1.82, 2.24) is 0 Å². The second-order valence-corrected chi connectivity index (χ2v) is 8.21. The molecule has 1 nitrogen and oxygen atoms in total. The first-order valence-electron chi connectivity index (χ1n) is 6.02. The van der Waals surface area contributed by atoms with Gasteiger partial charge in [-0.1, -0.05) is 38.4 Å². The molecule has 0 aliphatic heterocycles. The van der Waals surface area contributed by atoms with Crippen LogP contribution in [0.25, 0.3) is 0 Å². The number of hydrogen-bond donors (Lipinski definition) is 1. The molecule has 0 amide bonds. The first kappa shape index (κ1) is 15.3. The Morgan fingerprint density at radius 2 is 1.89 bits per heavy atom. The Labute approximate surface area is 136 Å². The highest BCUT2D eigenvalue weighted by Crippen LogP contribution is 2.35. The van der Waals surface area contributed by atoms with Crippen molar-refractivity contribution in [1.29, 1.82) is 0 Å². The highest BCUT2D eigenvalue weighted by atomic mass is 127. The third-order valence-electron chi connectivity index (χ3n) is 2.89. The number of halogens is 2. The molecule has 19 heavy (non-hydrogen) atoms. The van der Waals surface area contributed by atoms with Gasteiger partial charge in [-0.15, -0.1) is 11.3 Å². The lowest BCUT2D eigenvalue weighted by molar-refractivity contribution is 0.224. The molecule has 1 aromatic heterocycles. The van der Waals surface area contributed by atoms with Gasteiger partial charge in [0, 0.05) is 13.3 Å². The molecule has 0 saturated carbocycles. The Bertz CT molecular complexity index is 586. The Kier molecular flexibility index (Phi) is 4.60. The molecule has 0 saturated heterocycles. The Balaban J connectivity index is 2.31. The molecule has 2 rings (SSSR count). The summed E-state index contributed by atoms with van der Waals surface area (Å²) < 4.78 is 0.997.